The molecule has 10 heteroatoms. The van der Waals surface area contributed by atoms with Gasteiger partial charge in [-0.15, -0.1) is 0 Å². The minimum absolute atomic E-state index is 0.00948. The van der Waals surface area contributed by atoms with E-state index in [1.807, 2.05) is 19.9 Å². The highest BCUT2D eigenvalue weighted by atomic mass is 19.4. The predicted octanol–water partition coefficient (Wildman–Crippen LogP) is 5.43. The SMILES string of the molecule is COc1ccc([C@@H]2C[C@@H](C(F)(F)F)n3ncc(C(=O)Nc4cc(C)cc(C)c4)c3N2)cc1OC. The Morgan fingerprint density at radius 3 is 2.38 bits per heavy atom. The van der Waals surface area contributed by atoms with E-state index in [2.05, 4.69) is 15.7 Å². The number of aryl methyl sites for hydroxylation is 2. The summed E-state index contributed by atoms with van der Waals surface area (Å²) in [6, 6.07) is 7.85. The fourth-order valence-corrected chi connectivity index (χ4v) is 4.26. The Hall–Kier alpha value is -3.69. The maximum absolute atomic E-state index is 14.0. The average Bonchev–Trinajstić information content (AvgIpc) is 3.20. The van der Waals surface area contributed by atoms with Gasteiger partial charge in [-0.25, -0.2) is 4.68 Å². The second-order valence-corrected chi connectivity index (χ2v) is 8.29. The zero-order valence-electron chi connectivity index (χ0n) is 19.2. The molecule has 1 amide bonds. The van der Waals surface area contributed by atoms with E-state index in [4.69, 9.17) is 9.47 Å². The molecule has 4 rings (SSSR count). The number of rotatable bonds is 5. The first-order valence-corrected chi connectivity index (χ1v) is 10.6. The number of nitrogens with zero attached hydrogens (tertiary/aromatic N) is 2. The number of halogens is 3. The number of aromatic nitrogens is 2. The number of amides is 1. The van der Waals surface area contributed by atoms with Gasteiger partial charge in [-0.05, 0) is 54.8 Å². The zero-order valence-corrected chi connectivity index (χ0v) is 19.2. The summed E-state index contributed by atoms with van der Waals surface area (Å²) in [6.07, 6.45) is -3.69. The van der Waals surface area contributed by atoms with Crippen LogP contribution in [0.2, 0.25) is 0 Å². The molecule has 0 saturated heterocycles. The third kappa shape index (κ3) is 4.52. The van der Waals surface area contributed by atoms with E-state index >= 15 is 0 Å². The van der Waals surface area contributed by atoms with Crippen molar-refractivity contribution < 1.29 is 27.4 Å². The van der Waals surface area contributed by atoms with Crippen molar-refractivity contribution in [1.82, 2.24) is 9.78 Å². The highest BCUT2D eigenvalue weighted by Gasteiger charge is 2.47. The third-order valence-corrected chi connectivity index (χ3v) is 5.77. The fourth-order valence-electron chi connectivity index (χ4n) is 4.26. The molecular weight excluding hydrogens is 449 g/mol. The van der Waals surface area contributed by atoms with E-state index in [9.17, 15) is 18.0 Å². The van der Waals surface area contributed by atoms with Crippen molar-refractivity contribution in [2.75, 3.05) is 24.9 Å². The summed E-state index contributed by atoms with van der Waals surface area (Å²) in [4.78, 5) is 13.0. The molecule has 2 N–H and O–H groups in total. The van der Waals surface area contributed by atoms with Gasteiger partial charge in [-0.1, -0.05) is 12.1 Å². The number of anilines is 2. The first-order chi connectivity index (χ1) is 16.1. The molecule has 1 aromatic heterocycles. The molecule has 0 aliphatic carbocycles. The van der Waals surface area contributed by atoms with Gasteiger partial charge in [0.25, 0.3) is 5.91 Å². The minimum Gasteiger partial charge on any atom is -0.493 e. The van der Waals surface area contributed by atoms with Crippen LogP contribution in [0.25, 0.3) is 0 Å². The van der Waals surface area contributed by atoms with E-state index < -0.39 is 24.2 Å². The van der Waals surface area contributed by atoms with Crippen molar-refractivity contribution in [1.29, 1.82) is 0 Å². The van der Waals surface area contributed by atoms with Crippen LogP contribution in [-0.4, -0.2) is 36.1 Å². The smallest absolute Gasteiger partial charge is 0.410 e. The molecule has 180 valence electrons. The van der Waals surface area contributed by atoms with Crippen LogP contribution in [0.5, 0.6) is 11.5 Å². The summed E-state index contributed by atoms with van der Waals surface area (Å²) in [6.45, 7) is 3.79. The standard InChI is InChI=1S/C24H25F3N4O3/c1-13-7-14(2)9-16(8-13)29-23(32)17-12-28-31-21(24(25,26)27)11-18(30-22(17)31)15-5-6-19(33-3)20(10-15)34-4/h5-10,12,18,21,30H,11H2,1-4H3,(H,29,32)/t18-,21-/m0/s1. The van der Waals surface area contributed by atoms with Crippen LogP contribution in [0.1, 0.15) is 45.6 Å². The van der Waals surface area contributed by atoms with Crippen LogP contribution in [0.4, 0.5) is 24.7 Å². The lowest BCUT2D eigenvalue weighted by Crippen LogP contribution is -2.36. The Labute approximate surface area is 194 Å². The van der Waals surface area contributed by atoms with Crippen LogP contribution in [0, 0.1) is 13.8 Å². The van der Waals surface area contributed by atoms with Crippen LogP contribution in [0.3, 0.4) is 0 Å². The predicted molar refractivity (Wildman–Crippen MR) is 122 cm³/mol. The molecule has 1 aliphatic rings. The number of hydrogen-bond acceptors (Lipinski definition) is 5. The Bertz CT molecular complexity index is 1200. The molecule has 7 nitrogen and oxygen atoms in total. The summed E-state index contributed by atoms with van der Waals surface area (Å²) in [5, 5.41) is 9.77. The number of ether oxygens (including phenoxy) is 2. The van der Waals surface area contributed by atoms with Gasteiger partial charge in [-0.2, -0.15) is 18.3 Å². The van der Waals surface area contributed by atoms with Gasteiger partial charge in [0.2, 0.25) is 0 Å². The van der Waals surface area contributed by atoms with Gasteiger partial charge in [0, 0.05) is 12.1 Å². The second kappa shape index (κ2) is 8.92. The second-order valence-electron chi connectivity index (χ2n) is 8.29. The molecule has 1 aliphatic heterocycles. The van der Waals surface area contributed by atoms with Crippen LogP contribution >= 0.6 is 0 Å². The molecule has 0 radical (unpaired) electrons. The van der Waals surface area contributed by atoms with E-state index in [1.165, 1.54) is 14.2 Å². The zero-order chi connectivity index (χ0) is 24.6. The van der Waals surface area contributed by atoms with Gasteiger partial charge in [0.1, 0.15) is 11.4 Å². The molecule has 3 aromatic rings. The van der Waals surface area contributed by atoms with Gasteiger partial charge < -0.3 is 20.1 Å². The summed E-state index contributed by atoms with van der Waals surface area (Å²) in [7, 11) is 2.94. The van der Waals surface area contributed by atoms with Gasteiger partial charge in [0.15, 0.2) is 17.5 Å². The summed E-state index contributed by atoms with van der Waals surface area (Å²) in [5.74, 6) is 0.327. The normalized spacial score (nSPS) is 17.5. The van der Waals surface area contributed by atoms with E-state index in [-0.39, 0.29) is 17.8 Å². The Kier molecular flexibility index (Phi) is 6.16. The Balaban J connectivity index is 1.70. The third-order valence-electron chi connectivity index (χ3n) is 5.77. The monoisotopic (exact) mass is 474 g/mol. The lowest BCUT2D eigenvalue weighted by atomic mass is 9.96. The first-order valence-electron chi connectivity index (χ1n) is 10.6. The molecule has 0 fully saturated rings. The molecule has 2 heterocycles. The maximum atomic E-state index is 14.0. The first kappa shape index (κ1) is 23.5. The maximum Gasteiger partial charge on any atom is 0.410 e. The van der Waals surface area contributed by atoms with Crippen molar-refractivity contribution >= 4 is 17.4 Å². The highest BCUT2D eigenvalue weighted by Crippen LogP contribution is 2.45. The Morgan fingerprint density at radius 1 is 1.09 bits per heavy atom. The lowest BCUT2D eigenvalue weighted by molar-refractivity contribution is -0.173. The number of nitrogens with one attached hydrogen (secondary N) is 2. The van der Waals surface area contributed by atoms with E-state index in [0.29, 0.717) is 22.7 Å². The van der Waals surface area contributed by atoms with E-state index in [1.54, 1.807) is 30.3 Å². The lowest BCUT2D eigenvalue weighted by Gasteiger charge is -2.34. The average molecular weight is 474 g/mol. The molecule has 2 atom stereocenters. The minimum atomic E-state index is -4.56. The number of benzene rings is 2. The number of methoxy groups -OCH3 is 2. The number of carbonyl (C=O) groups excluding carboxylic acids is 1. The van der Waals surface area contributed by atoms with Gasteiger partial charge in [-0.3, -0.25) is 4.79 Å². The molecule has 0 bridgehead atoms. The molecule has 0 spiro atoms. The Morgan fingerprint density at radius 2 is 1.76 bits per heavy atom. The van der Waals surface area contributed by atoms with Crippen LogP contribution in [-0.2, 0) is 0 Å². The molecule has 0 unspecified atom stereocenters. The summed E-state index contributed by atoms with van der Waals surface area (Å²) in [5.41, 5.74) is 3.06. The van der Waals surface area contributed by atoms with Crippen molar-refractivity contribution in [2.24, 2.45) is 0 Å². The highest BCUT2D eigenvalue weighted by molar-refractivity contribution is 6.07. The number of alkyl halides is 3. The van der Waals surface area contributed by atoms with Crippen molar-refractivity contribution in [3.05, 3.63) is 64.8 Å². The van der Waals surface area contributed by atoms with Gasteiger partial charge in [0.05, 0.1) is 26.5 Å². The van der Waals surface area contributed by atoms with Crippen molar-refractivity contribution in [2.45, 2.75) is 38.5 Å². The molecule has 0 saturated carbocycles. The largest absolute Gasteiger partial charge is 0.493 e. The number of hydrogen-bond donors (Lipinski definition) is 2. The van der Waals surface area contributed by atoms with Crippen molar-refractivity contribution in [3.8, 4) is 11.5 Å². The van der Waals surface area contributed by atoms with Gasteiger partial charge >= 0.3 is 6.18 Å². The molecule has 34 heavy (non-hydrogen) atoms. The molecular formula is C24H25F3N4O3. The number of fused-ring (bicyclic) bond motifs is 1. The molecule has 2 aromatic carbocycles. The van der Waals surface area contributed by atoms with Crippen molar-refractivity contribution in [3.63, 3.8) is 0 Å². The topological polar surface area (TPSA) is 77.4 Å². The van der Waals surface area contributed by atoms with E-state index in [0.717, 1.165) is 22.0 Å². The van der Waals surface area contributed by atoms with Crippen LogP contribution < -0.4 is 20.1 Å². The fraction of sp³-hybridized carbons (Fsp3) is 0.333. The summed E-state index contributed by atoms with van der Waals surface area (Å²) >= 11 is 0. The quantitative estimate of drug-likeness (QED) is 0.516. The van der Waals surface area contributed by atoms with Crippen LogP contribution in [0.15, 0.2) is 42.6 Å². The number of carbonyl (C=O) groups is 1. The summed E-state index contributed by atoms with van der Waals surface area (Å²) < 4.78 is 53.3.